The quantitative estimate of drug-likeness (QED) is 0.717. The summed E-state index contributed by atoms with van der Waals surface area (Å²) in [5.41, 5.74) is 3.59. The second-order valence-electron chi connectivity index (χ2n) is 2.65. The Morgan fingerprint density at radius 1 is 1.50 bits per heavy atom. The minimum Gasteiger partial charge on any atom is -0.0944 e. The third kappa shape index (κ3) is 1.99. The van der Waals surface area contributed by atoms with Crippen LogP contribution in [0.4, 0.5) is 0 Å². The molecule has 64 valence electrons. The molecule has 0 aromatic heterocycles. The van der Waals surface area contributed by atoms with Gasteiger partial charge in [-0.15, -0.1) is 0 Å². The molecule has 1 rings (SSSR count). The number of hydrogen-bond donors (Lipinski definition) is 0. The van der Waals surface area contributed by atoms with Gasteiger partial charge in [0, 0.05) is 9.80 Å². The third-order valence-corrected chi connectivity index (χ3v) is 3.35. The Morgan fingerprint density at radius 3 is 2.75 bits per heavy atom. The van der Waals surface area contributed by atoms with Gasteiger partial charge in [0.05, 0.1) is 0 Å². The predicted octanol–water partition coefficient (Wildman–Crippen LogP) is 4.17. The summed E-state index contributed by atoms with van der Waals surface area (Å²) in [6.45, 7) is 6.07. The van der Waals surface area contributed by atoms with Crippen LogP contribution in [0.2, 0.25) is 0 Å². The number of hydrogen-bond acceptors (Lipinski definition) is 0. The molecule has 0 unspecified atom stereocenters. The Morgan fingerprint density at radius 2 is 2.17 bits per heavy atom. The number of benzene rings is 1. The van der Waals surface area contributed by atoms with E-state index in [2.05, 4.69) is 51.4 Å². The Balaban J connectivity index is 3.16. The number of allylic oxidation sites excluding steroid dienone is 1. The van der Waals surface area contributed by atoms with E-state index in [-0.39, 0.29) is 0 Å². The summed E-state index contributed by atoms with van der Waals surface area (Å²) >= 11 is 6.88. The Bertz CT molecular complexity index is 303. The molecule has 0 N–H and O–H groups in total. The summed E-state index contributed by atoms with van der Waals surface area (Å²) in [6, 6.07) is 6.16. The van der Waals surface area contributed by atoms with Gasteiger partial charge in [0.25, 0.3) is 0 Å². The van der Waals surface area contributed by atoms with Crippen molar-refractivity contribution in [3.63, 3.8) is 0 Å². The fourth-order valence-corrected chi connectivity index (χ4v) is 1.73. The van der Waals surface area contributed by atoms with Crippen molar-refractivity contribution in [1.82, 2.24) is 0 Å². The van der Waals surface area contributed by atoms with E-state index in [1.807, 2.05) is 12.1 Å². The number of rotatable bonds is 2. The van der Waals surface area contributed by atoms with Gasteiger partial charge in [0.15, 0.2) is 0 Å². The van der Waals surface area contributed by atoms with Crippen molar-refractivity contribution < 1.29 is 0 Å². The van der Waals surface area contributed by atoms with E-state index in [1.165, 1.54) is 11.1 Å². The lowest BCUT2D eigenvalue weighted by Gasteiger charge is -2.07. The van der Waals surface area contributed by atoms with Crippen molar-refractivity contribution >= 4 is 37.4 Å². The highest BCUT2D eigenvalue weighted by atomic mass is 79.9. The molecule has 0 spiro atoms. The first kappa shape index (κ1) is 10.0. The zero-order valence-electron chi connectivity index (χ0n) is 6.90. The van der Waals surface area contributed by atoms with Crippen LogP contribution in [0, 0.1) is 6.92 Å². The molecule has 0 nitrogen and oxygen atoms in total. The molecule has 0 aliphatic heterocycles. The summed E-state index contributed by atoms with van der Waals surface area (Å²) in [5.74, 6) is 0. The van der Waals surface area contributed by atoms with Crippen LogP contribution >= 0.6 is 31.9 Å². The van der Waals surface area contributed by atoms with Crippen molar-refractivity contribution in [3.8, 4) is 0 Å². The monoisotopic (exact) mass is 288 g/mol. The molecule has 0 aliphatic rings. The number of alkyl halides is 1. The molecular formula is C10H10Br2. The maximum atomic E-state index is 3.98. The summed E-state index contributed by atoms with van der Waals surface area (Å²) in [4.78, 5) is 0. The first-order valence-electron chi connectivity index (χ1n) is 3.66. The molecule has 12 heavy (non-hydrogen) atoms. The molecule has 0 saturated carbocycles. The second-order valence-corrected chi connectivity index (χ2v) is 4.06. The number of halogens is 2. The summed E-state index contributed by atoms with van der Waals surface area (Å²) in [5, 5.41) is 0.824. The van der Waals surface area contributed by atoms with Crippen molar-refractivity contribution in [2.45, 2.75) is 6.92 Å². The van der Waals surface area contributed by atoms with Crippen molar-refractivity contribution in [2.24, 2.45) is 0 Å². The highest BCUT2D eigenvalue weighted by Gasteiger charge is 2.03. The lowest BCUT2D eigenvalue weighted by atomic mass is 10.0. The average molecular weight is 290 g/mol. The predicted molar refractivity (Wildman–Crippen MR) is 61.7 cm³/mol. The van der Waals surface area contributed by atoms with E-state index in [0.29, 0.717) is 0 Å². The normalized spacial score (nSPS) is 9.92. The molecule has 1 aromatic rings. The van der Waals surface area contributed by atoms with Crippen LogP contribution < -0.4 is 0 Å². The van der Waals surface area contributed by atoms with Crippen LogP contribution in [-0.4, -0.2) is 5.33 Å². The first-order chi connectivity index (χ1) is 5.66. The van der Waals surface area contributed by atoms with Gasteiger partial charge in [-0.05, 0) is 29.7 Å². The molecule has 1 aromatic carbocycles. The van der Waals surface area contributed by atoms with E-state index < -0.39 is 0 Å². The lowest BCUT2D eigenvalue weighted by Crippen LogP contribution is -1.88. The molecule has 0 fully saturated rings. The van der Waals surface area contributed by atoms with Crippen LogP contribution in [0.15, 0.2) is 29.3 Å². The van der Waals surface area contributed by atoms with Crippen molar-refractivity contribution in [3.05, 3.63) is 40.4 Å². The zero-order chi connectivity index (χ0) is 9.14. The van der Waals surface area contributed by atoms with Gasteiger partial charge in [0.1, 0.15) is 0 Å². The van der Waals surface area contributed by atoms with Crippen LogP contribution in [-0.2, 0) is 0 Å². The minimum atomic E-state index is 0.824. The third-order valence-electron chi connectivity index (χ3n) is 1.81. The second kappa shape index (κ2) is 4.24. The molecule has 0 saturated heterocycles. The van der Waals surface area contributed by atoms with E-state index in [9.17, 15) is 0 Å². The highest BCUT2D eigenvalue weighted by molar-refractivity contribution is 9.10. The Hall–Kier alpha value is -0.0800. The van der Waals surface area contributed by atoms with Crippen molar-refractivity contribution in [2.75, 3.05) is 5.33 Å². The minimum absolute atomic E-state index is 0.824. The maximum absolute atomic E-state index is 3.98. The summed E-state index contributed by atoms with van der Waals surface area (Å²) in [7, 11) is 0. The van der Waals surface area contributed by atoms with E-state index >= 15 is 0 Å². The van der Waals surface area contributed by atoms with Crippen LogP contribution in [0.3, 0.4) is 0 Å². The molecule has 0 heterocycles. The fourth-order valence-electron chi connectivity index (χ4n) is 1.06. The molecular weight excluding hydrogens is 280 g/mol. The Labute approximate surface area is 89.9 Å². The van der Waals surface area contributed by atoms with Gasteiger partial charge in [-0.1, -0.05) is 50.6 Å². The standard InChI is InChI=1S/C10H10Br2/c1-7(6-11)9-4-3-5-10(12)8(9)2/h3-5H,1,6H2,2H3. The molecule has 0 amide bonds. The molecule has 0 bridgehead atoms. The molecule has 0 aliphatic carbocycles. The SMILES string of the molecule is C=C(CBr)c1cccc(Br)c1C. The summed E-state index contributed by atoms with van der Waals surface area (Å²) in [6.07, 6.45) is 0. The first-order valence-corrected chi connectivity index (χ1v) is 5.57. The van der Waals surface area contributed by atoms with Crippen LogP contribution in [0.25, 0.3) is 5.57 Å². The van der Waals surface area contributed by atoms with Crippen molar-refractivity contribution in [1.29, 1.82) is 0 Å². The van der Waals surface area contributed by atoms with Gasteiger partial charge in [-0.3, -0.25) is 0 Å². The van der Waals surface area contributed by atoms with E-state index in [4.69, 9.17) is 0 Å². The zero-order valence-corrected chi connectivity index (χ0v) is 10.1. The van der Waals surface area contributed by atoms with E-state index in [1.54, 1.807) is 0 Å². The largest absolute Gasteiger partial charge is 0.0944 e. The van der Waals surface area contributed by atoms with Crippen LogP contribution in [0.1, 0.15) is 11.1 Å². The topological polar surface area (TPSA) is 0 Å². The molecule has 0 atom stereocenters. The van der Waals surface area contributed by atoms with Gasteiger partial charge in [-0.25, -0.2) is 0 Å². The highest BCUT2D eigenvalue weighted by Crippen LogP contribution is 2.25. The molecule has 0 radical (unpaired) electrons. The van der Waals surface area contributed by atoms with Gasteiger partial charge in [-0.2, -0.15) is 0 Å². The Kier molecular flexibility index (Phi) is 3.53. The maximum Gasteiger partial charge on any atom is 0.0283 e. The molecule has 2 heteroatoms. The van der Waals surface area contributed by atoms with Gasteiger partial charge < -0.3 is 0 Å². The van der Waals surface area contributed by atoms with Gasteiger partial charge in [0.2, 0.25) is 0 Å². The average Bonchev–Trinajstić information content (AvgIpc) is 2.08. The smallest absolute Gasteiger partial charge is 0.0283 e. The summed E-state index contributed by atoms with van der Waals surface area (Å²) < 4.78 is 1.14. The van der Waals surface area contributed by atoms with E-state index in [0.717, 1.165) is 15.4 Å². The van der Waals surface area contributed by atoms with Crippen LogP contribution in [0.5, 0.6) is 0 Å². The lowest BCUT2D eigenvalue weighted by molar-refractivity contribution is 1.38. The van der Waals surface area contributed by atoms with Gasteiger partial charge >= 0.3 is 0 Å². The fraction of sp³-hybridized carbons (Fsp3) is 0.200.